The average Bonchev–Trinajstić information content (AvgIpc) is 3.28. The Labute approximate surface area is 220 Å². The molecule has 0 fully saturated rings. The van der Waals surface area contributed by atoms with E-state index in [9.17, 15) is 9.18 Å². The van der Waals surface area contributed by atoms with Crippen molar-refractivity contribution < 1.29 is 9.18 Å². The van der Waals surface area contributed by atoms with E-state index in [2.05, 4.69) is 20.3 Å². The summed E-state index contributed by atoms with van der Waals surface area (Å²) in [6.07, 6.45) is 1.51. The lowest BCUT2D eigenvalue weighted by atomic mass is 10.1. The van der Waals surface area contributed by atoms with Crippen LogP contribution in [0.5, 0.6) is 0 Å². The van der Waals surface area contributed by atoms with Crippen molar-refractivity contribution in [2.45, 2.75) is 46.2 Å². The molecule has 2 aromatic carbocycles. The second kappa shape index (κ2) is 10.9. The van der Waals surface area contributed by atoms with Gasteiger partial charge >= 0.3 is 0 Å². The largest absolute Gasteiger partial charge is 0.383 e. The molecule has 0 aliphatic rings. The third kappa shape index (κ3) is 5.91. The zero-order chi connectivity index (χ0) is 27.4. The minimum absolute atomic E-state index is 0.111. The average molecular weight is 515 g/mol. The minimum Gasteiger partial charge on any atom is -0.383 e. The van der Waals surface area contributed by atoms with E-state index in [1.54, 1.807) is 23.7 Å². The monoisotopic (exact) mass is 514 g/mol. The predicted molar refractivity (Wildman–Crippen MR) is 148 cm³/mol. The molecule has 4 rings (SSSR count). The summed E-state index contributed by atoms with van der Waals surface area (Å²) >= 11 is 0. The number of aliphatic imine (C=N–C) groups is 1. The number of carbonyl (C=O) groups excluding carboxylic acids is 1. The van der Waals surface area contributed by atoms with Gasteiger partial charge in [0.2, 0.25) is 0 Å². The van der Waals surface area contributed by atoms with Crippen molar-refractivity contribution in [3.63, 3.8) is 0 Å². The van der Waals surface area contributed by atoms with Gasteiger partial charge in [-0.3, -0.25) is 9.79 Å². The summed E-state index contributed by atoms with van der Waals surface area (Å²) in [7, 11) is 0. The van der Waals surface area contributed by atoms with E-state index in [0.29, 0.717) is 28.3 Å². The molecule has 0 saturated heterocycles. The summed E-state index contributed by atoms with van der Waals surface area (Å²) in [4.78, 5) is 26.2. The second-order valence-electron chi connectivity index (χ2n) is 9.93. The smallest absolute Gasteiger partial charge is 0.265 e. The van der Waals surface area contributed by atoms with Crippen LogP contribution in [0.15, 0.2) is 59.9 Å². The van der Waals surface area contributed by atoms with Gasteiger partial charge in [0.1, 0.15) is 29.4 Å². The Morgan fingerprint density at radius 2 is 1.82 bits per heavy atom. The first-order valence-electron chi connectivity index (χ1n) is 12.2. The van der Waals surface area contributed by atoms with Crippen molar-refractivity contribution >= 4 is 34.2 Å². The Kier molecular flexibility index (Phi) is 7.61. The number of benzene rings is 2. The second-order valence-corrected chi connectivity index (χ2v) is 9.93. The number of halogens is 1. The number of fused-ring (bicyclic) bond motifs is 1. The SMILES string of the molecule is CC(=N)CC(=NCc1ccc(F)cc1)C(=O)NCC(C)(C)n1nc(-c2ccc(C)cc2)c2c(N)ncnc21. The Bertz CT molecular complexity index is 1500. The molecule has 0 unspecified atom stereocenters. The maximum atomic E-state index is 13.2. The maximum absolute atomic E-state index is 13.2. The highest BCUT2D eigenvalue weighted by molar-refractivity contribution is 6.42. The number of aryl methyl sites for hydroxylation is 1. The van der Waals surface area contributed by atoms with Crippen molar-refractivity contribution in [2.24, 2.45) is 4.99 Å². The summed E-state index contributed by atoms with van der Waals surface area (Å²) in [5, 5.41) is 16.3. The zero-order valence-electron chi connectivity index (χ0n) is 21.9. The van der Waals surface area contributed by atoms with Crippen LogP contribution in [0, 0.1) is 18.2 Å². The fourth-order valence-corrected chi connectivity index (χ4v) is 4.02. The Hall–Kier alpha value is -4.47. The summed E-state index contributed by atoms with van der Waals surface area (Å²) in [5.41, 5.74) is 10.1. The van der Waals surface area contributed by atoms with E-state index in [0.717, 1.165) is 16.7 Å². The van der Waals surface area contributed by atoms with Crippen LogP contribution in [0.1, 0.15) is 38.3 Å². The summed E-state index contributed by atoms with van der Waals surface area (Å²) in [6, 6.07) is 13.9. The number of nitrogens with two attached hydrogens (primary N) is 1. The highest BCUT2D eigenvalue weighted by atomic mass is 19.1. The highest BCUT2D eigenvalue weighted by Gasteiger charge is 2.29. The molecular weight excluding hydrogens is 483 g/mol. The van der Waals surface area contributed by atoms with Crippen molar-refractivity contribution in [2.75, 3.05) is 12.3 Å². The normalized spacial score (nSPS) is 12.1. The van der Waals surface area contributed by atoms with Crippen LogP contribution in [-0.2, 0) is 16.9 Å². The first-order chi connectivity index (χ1) is 18.0. The number of amides is 1. The number of hydrogen-bond acceptors (Lipinski definition) is 7. The Morgan fingerprint density at radius 3 is 2.47 bits per heavy atom. The molecule has 1 amide bonds. The lowest BCUT2D eigenvalue weighted by Crippen LogP contribution is -2.44. The standard InChI is InChI=1S/C28H31FN8O/c1-17-5-9-20(10-6-17)24-23-25(31)34-16-35-26(23)37(36-24)28(3,4)15-33-27(38)22(13-18(2)30)32-14-19-7-11-21(29)12-8-19/h5-12,16,30H,13-15H2,1-4H3,(H,33,38)(H2,31,34,35). The molecule has 0 radical (unpaired) electrons. The van der Waals surface area contributed by atoms with Crippen LogP contribution in [0.2, 0.25) is 0 Å². The van der Waals surface area contributed by atoms with Gasteiger partial charge in [0, 0.05) is 24.2 Å². The van der Waals surface area contributed by atoms with E-state index in [1.165, 1.54) is 18.5 Å². The topological polar surface area (TPSA) is 135 Å². The first-order valence-corrected chi connectivity index (χ1v) is 12.2. The number of hydrogen-bond donors (Lipinski definition) is 3. The van der Waals surface area contributed by atoms with Crippen LogP contribution >= 0.6 is 0 Å². The van der Waals surface area contributed by atoms with Gasteiger partial charge in [0.25, 0.3) is 5.91 Å². The van der Waals surface area contributed by atoms with E-state index in [1.807, 2.05) is 45.0 Å². The molecule has 0 saturated carbocycles. The van der Waals surface area contributed by atoms with Crippen molar-refractivity contribution in [3.8, 4) is 11.3 Å². The molecule has 38 heavy (non-hydrogen) atoms. The lowest BCUT2D eigenvalue weighted by Gasteiger charge is -2.26. The molecule has 10 heteroatoms. The summed E-state index contributed by atoms with van der Waals surface area (Å²) in [5.74, 6) is -0.388. The molecule has 0 atom stereocenters. The van der Waals surface area contributed by atoms with Crippen molar-refractivity contribution in [1.29, 1.82) is 5.41 Å². The van der Waals surface area contributed by atoms with E-state index in [4.69, 9.17) is 16.2 Å². The van der Waals surface area contributed by atoms with Gasteiger partial charge in [0.05, 0.1) is 17.5 Å². The van der Waals surface area contributed by atoms with Gasteiger partial charge in [-0.05, 0) is 45.4 Å². The van der Waals surface area contributed by atoms with Gasteiger partial charge in [-0.25, -0.2) is 19.0 Å². The van der Waals surface area contributed by atoms with Gasteiger partial charge in [0.15, 0.2) is 5.65 Å². The molecule has 2 heterocycles. The van der Waals surface area contributed by atoms with Crippen LogP contribution < -0.4 is 11.1 Å². The number of aromatic nitrogens is 4. The number of nitrogens with one attached hydrogen (secondary N) is 2. The number of rotatable bonds is 9. The van der Waals surface area contributed by atoms with E-state index < -0.39 is 5.54 Å². The number of nitrogens with zero attached hydrogens (tertiary/aromatic N) is 5. The molecule has 0 spiro atoms. The zero-order valence-corrected chi connectivity index (χ0v) is 21.9. The van der Waals surface area contributed by atoms with Gasteiger partial charge in [-0.15, -0.1) is 0 Å². The third-order valence-electron chi connectivity index (χ3n) is 6.13. The van der Waals surface area contributed by atoms with Crippen LogP contribution in [-0.4, -0.2) is 43.6 Å². The van der Waals surface area contributed by atoms with E-state index in [-0.39, 0.29) is 36.9 Å². The predicted octanol–water partition coefficient (Wildman–Crippen LogP) is 4.45. The number of nitrogen functional groups attached to an aromatic ring is 1. The lowest BCUT2D eigenvalue weighted by molar-refractivity contribution is -0.115. The van der Waals surface area contributed by atoms with E-state index >= 15 is 0 Å². The summed E-state index contributed by atoms with van der Waals surface area (Å²) < 4.78 is 15.0. The molecule has 4 N–H and O–H groups in total. The van der Waals surface area contributed by atoms with Crippen LogP contribution in [0.3, 0.4) is 0 Å². The molecule has 0 aliphatic carbocycles. The molecular formula is C28H31FN8O. The fraction of sp³-hybridized carbons (Fsp3) is 0.286. The highest BCUT2D eigenvalue weighted by Crippen LogP contribution is 2.33. The molecule has 9 nitrogen and oxygen atoms in total. The molecule has 4 aromatic rings. The molecule has 196 valence electrons. The number of carbonyl (C=O) groups is 1. The minimum atomic E-state index is -0.695. The van der Waals surface area contributed by atoms with Crippen molar-refractivity contribution in [3.05, 3.63) is 71.8 Å². The molecule has 2 aromatic heterocycles. The maximum Gasteiger partial charge on any atom is 0.265 e. The summed E-state index contributed by atoms with van der Waals surface area (Å²) in [6.45, 7) is 7.94. The van der Waals surface area contributed by atoms with Gasteiger partial charge in [-0.2, -0.15) is 5.10 Å². The van der Waals surface area contributed by atoms with Gasteiger partial charge < -0.3 is 16.5 Å². The van der Waals surface area contributed by atoms with Crippen molar-refractivity contribution in [1.82, 2.24) is 25.1 Å². The van der Waals surface area contributed by atoms with Gasteiger partial charge in [-0.1, -0.05) is 42.0 Å². The fourth-order valence-electron chi connectivity index (χ4n) is 4.02. The third-order valence-corrected chi connectivity index (χ3v) is 6.13. The van der Waals surface area contributed by atoms with Crippen LogP contribution in [0.4, 0.5) is 10.2 Å². The van der Waals surface area contributed by atoms with Crippen LogP contribution in [0.25, 0.3) is 22.3 Å². The Morgan fingerprint density at radius 1 is 1.13 bits per heavy atom. The molecule has 0 bridgehead atoms. The molecule has 0 aliphatic heterocycles. The quantitative estimate of drug-likeness (QED) is 0.284. The first kappa shape index (κ1) is 26.6. The number of anilines is 1. The Balaban J connectivity index is 1.60.